The van der Waals surface area contributed by atoms with Crippen molar-refractivity contribution in [1.29, 1.82) is 0 Å². The lowest BCUT2D eigenvalue weighted by Crippen LogP contribution is -2.56. The van der Waals surface area contributed by atoms with E-state index in [1.807, 2.05) is 87.4 Å². The van der Waals surface area contributed by atoms with Gasteiger partial charge in [0.15, 0.2) is 6.23 Å². The molecule has 1 unspecified atom stereocenters. The van der Waals surface area contributed by atoms with Gasteiger partial charge in [-0.2, -0.15) is 0 Å². The molecule has 492 valence electrons. The van der Waals surface area contributed by atoms with E-state index in [2.05, 4.69) is 15.6 Å². The van der Waals surface area contributed by atoms with Crippen LogP contribution in [0.5, 0.6) is 0 Å². The molecule has 7 heterocycles. The summed E-state index contributed by atoms with van der Waals surface area (Å²) in [5.41, 5.74) is 37.4. The first kappa shape index (κ1) is 68.9. The first-order chi connectivity index (χ1) is 41.8. The van der Waals surface area contributed by atoms with Crippen LogP contribution in [0.4, 0.5) is 0 Å². The molecule has 6 aliphatic heterocycles. The van der Waals surface area contributed by atoms with Gasteiger partial charge in [-0.1, -0.05) is 34.6 Å². The molecule has 0 radical (unpaired) electrons. The summed E-state index contributed by atoms with van der Waals surface area (Å²) in [5.74, 6) is -7.18. The molecule has 2 fully saturated rings. The largest absolute Gasteiger partial charge is 0.472 e. The number of phosphoric ester groups is 1. The standard InChI is InChI=1S/C62H90N13O14P/c1-29-20-39-40(21-30(29)2)75(28-70-39)57-52(84)53(41(27-76)87-57)89-90(85,86)88-31(3)26-69-49(83)18-19-59(8)37(22-46(66)80)56-62(11)61(10,25-48(68)82)36(14-17-45(65)79)51(74-62)33(5)55-60(9,24-47(67)81)34(12-15-43(63)77)38(71-55)23-42-58(6,7)35(13-16-44(64)78)50(72-42)32(4)54(59)73-56/h20-21,23,28,31,34-37,41,52-53,56-57,71,76,84H,12-19,22,24-27H2,1-11H3,(H2,63,77)(H2,64,78)(H2,65,79)(H2,66,80)(H2,67,81)(H2,68,82)(H,69,83)(H,85,86)/t31-,34-,35-,36-,37+,41+,52-,53-,56+,57+,59-,60+,61+,62+/m1/s1. The number of phosphoric acid groups is 1. The number of imidazole rings is 1. The molecule has 17 N–H and O–H groups in total. The van der Waals surface area contributed by atoms with E-state index in [0.717, 1.165) is 11.1 Å². The average molecular weight is 1270 g/mol. The number of hydrogen-bond donors (Lipinski definition) is 11. The van der Waals surface area contributed by atoms with Crippen LogP contribution in [0, 0.1) is 59.2 Å². The highest BCUT2D eigenvalue weighted by molar-refractivity contribution is 7.47. The fourth-order valence-electron chi connectivity index (χ4n) is 15.4. The van der Waals surface area contributed by atoms with Crippen molar-refractivity contribution in [3.05, 3.63) is 63.9 Å². The maximum atomic E-state index is 14.4. The summed E-state index contributed by atoms with van der Waals surface area (Å²) in [5, 5.41) is 28.2. The van der Waals surface area contributed by atoms with Gasteiger partial charge in [-0.25, -0.2) is 9.55 Å². The molecule has 0 spiro atoms. The SMILES string of the molecule is CC1=C2N=C(C=C3NC(=C(C)C4=N[C@@](C)([C@H]5N=C1[C@](C)(CCC(=O)NC[C@@H](C)OP(=O)(O)O[C@H]1[C@@H](O)[C@@H](n6cnc7cc(C)c(C)cc76)O[C@H]1CO)[C@H]5CC(N)=O)[C@@](C)(CC(N)=O)[C@@H]4CCC(N)=O)[C@@](C)(CC(N)=O)[C@@H]3CCC(N)=O)C(C)(C)[C@@H]2CCC(N)=O. The van der Waals surface area contributed by atoms with Crippen molar-refractivity contribution in [2.45, 2.75) is 189 Å². The van der Waals surface area contributed by atoms with E-state index in [1.165, 1.54) is 13.3 Å². The Morgan fingerprint density at radius 2 is 1.40 bits per heavy atom. The summed E-state index contributed by atoms with van der Waals surface area (Å²) in [7, 11) is -5.07. The van der Waals surface area contributed by atoms with Crippen LogP contribution in [-0.2, 0) is 51.9 Å². The molecule has 1 aromatic carbocycles. The Hall–Kier alpha value is -7.00. The van der Waals surface area contributed by atoms with Crippen LogP contribution in [0.2, 0.25) is 0 Å². The van der Waals surface area contributed by atoms with Gasteiger partial charge in [0.05, 0.1) is 41.7 Å². The van der Waals surface area contributed by atoms with Crippen LogP contribution in [-0.4, -0.2) is 132 Å². The fraction of sp³-hybridized carbons (Fsp3) is 0.629. The third-order valence-electron chi connectivity index (χ3n) is 20.6. The van der Waals surface area contributed by atoms with Crippen molar-refractivity contribution < 1.29 is 67.0 Å². The van der Waals surface area contributed by atoms with Gasteiger partial charge in [-0.15, -0.1) is 0 Å². The number of allylic oxidation sites excluding steroid dienone is 6. The Kier molecular flexibility index (Phi) is 19.6. The minimum absolute atomic E-state index is 0.0114. The zero-order chi connectivity index (χ0) is 66.7. The molecule has 8 bridgehead atoms. The number of carbonyl (C=O) groups excluding carboxylic acids is 7. The van der Waals surface area contributed by atoms with Crippen molar-refractivity contribution in [1.82, 2.24) is 20.2 Å². The number of rotatable bonds is 26. The summed E-state index contributed by atoms with van der Waals surface area (Å²) in [4.78, 5) is 126. The van der Waals surface area contributed by atoms with E-state index >= 15 is 0 Å². The van der Waals surface area contributed by atoms with Crippen LogP contribution in [0.3, 0.4) is 0 Å². The average Bonchev–Trinajstić information content (AvgIpc) is 1.53. The van der Waals surface area contributed by atoms with Gasteiger partial charge in [-0.05, 0) is 108 Å². The number of ether oxygens (including phenoxy) is 1. The van der Waals surface area contributed by atoms with Crippen LogP contribution >= 0.6 is 7.82 Å². The number of aliphatic hydroxyl groups is 2. The molecule has 28 heteroatoms. The topological polar surface area (TPSA) is 460 Å². The third-order valence-corrected chi connectivity index (χ3v) is 21.7. The normalized spacial score (nSPS) is 32.0. The van der Waals surface area contributed by atoms with Gasteiger partial charge in [0.2, 0.25) is 41.4 Å². The summed E-state index contributed by atoms with van der Waals surface area (Å²) < 4.78 is 32.3. The molecule has 15 atom stereocenters. The van der Waals surface area contributed by atoms with Gasteiger partial charge in [-0.3, -0.25) is 57.6 Å². The number of nitrogens with two attached hydrogens (primary N) is 6. The number of carbonyl (C=O) groups is 7. The highest BCUT2D eigenvalue weighted by atomic mass is 31.2. The highest BCUT2D eigenvalue weighted by Gasteiger charge is 2.66. The number of aliphatic imine (C=N–C) groups is 3. The minimum atomic E-state index is -5.07. The number of nitrogens with one attached hydrogen (secondary N) is 2. The highest BCUT2D eigenvalue weighted by Crippen LogP contribution is 2.63. The fourth-order valence-corrected chi connectivity index (χ4v) is 16.6. The van der Waals surface area contributed by atoms with Crippen LogP contribution in [0.15, 0.2) is 67.8 Å². The van der Waals surface area contributed by atoms with Crippen LogP contribution in [0.25, 0.3) is 11.0 Å². The van der Waals surface area contributed by atoms with Crippen LogP contribution in [0.1, 0.15) is 150 Å². The third kappa shape index (κ3) is 13.0. The molecule has 0 saturated carbocycles. The molecular weight excluding hydrogens is 1180 g/mol. The maximum Gasteiger partial charge on any atom is 0.472 e. The van der Waals surface area contributed by atoms with Crippen molar-refractivity contribution in [3.8, 4) is 0 Å². The lowest BCUT2D eigenvalue weighted by atomic mass is 9.55. The molecule has 8 rings (SSSR count). The number of fused-ring (bicyclic) bond motifs is 7. The first-order valence-electron chi connectivity index (χ1n) is 30.6. The molecule has 7 amide bonds. The molecular formula is C62H90N13O14P. The van der Waals surface area contributed by atoms with Crippen molar-refractivity contribution in [2.24, 2.45) is 94.7 Å². The molecule has 2 aromatic rings. The molecule has 1 aromatic heterocycles. The number of nitrogens with zero attached hydrogens (tertiary/aromatic N) is 5. The molecule has 0 aliphatic carbocycles. The van der Waals surface area contributed by atoms with Crippen LogP contribution < -0.4 is 45.0 Å². The molecule has 2 saturated heterocycles. The molecule has 27 nitrogen and oxygen atoms in total. The maximum absolute atomic E-state index is 14.4. The molecule has 90 heavy (non-hydrogen) atoms. The number of amides is 7. The number of aliphatic hydroxyl groups excluding tert-OH is 2. The molecule has 6 aliphatic rings. The smallest absolute Gasteiger partial charge is 0.394 e. The minimum Gasteiger partial charge on any atom is -0.394 e. The Morgan fingerprint density at radius 1 is 0.800 bits per heavy atom. The zero-order valence-electron chi connectivity index (χ0n) is 53.3. The summed E-state index contributed by atoms with van der Waals surface area (Å²) in [6.07, 6.45) is -4.26. The first-order valence-corrected chi connectivity index (χ1v) is 32.1. The summed E-state index contributed by atoms with van der Waals surface area (Å²) >= 11 is 0. The van der Waals surface area contributed by atoms with Gasteiger partial charge in [0, 0.05) is 131 Å². The predicted molar refractivity (Wildman–Crippen MR) is 334 cm³/mol. The monoisotopic (exact) mass is 1270 g/mol. The van der Waals surface area contributed by atoms with Crippen molar-refractivity contribution in [3.63, 3.8) is 0 Å². The second kappa shape index (κ2) is 25.6. The number of aryl methyl sites for hydroxylation is 2. The Morgan fingerprint density at radius 3 is 1.99 bits per heavy atom. The Balaban J connectivity index is 1.19. The van der Waals surface area contributed by atoms with E-state index in [0.29, 0.717) is 56.4 Å². The van der Waals surface area contributed by atoms with E-state index in [1.54, 1.807) is 4.57 Å². The summed E-state index contributed by atoms with van der Waals surface area (Å²) in [6, 6.07) is 2.70. The second-order valence-corrected chi connectivity index (χ2v) is 28.4. The number of primary amides is 6. The van der Waals surface area contributed by atoms with Gasteiger partial charge < -0.3 is 69.4 Å². The summed E-state index contributed by atoms with van der Waals surface area (Å²) in [6.45, 7) is 19.3. The van der Waals surface area contributed by atoms with Gasteiger partial charge in [0.25, 0.3) is 0 Å². The number of benzene rings is 1. The van der Waals surface area contributed by atoms with E-state index in [9.17, 15) is 53.2 Å². The Bertz CT molecular complexity index is 3540. The van der Waals surface area contributed by atoms with E-state index in [4.69, 9.17) is 63.2 Å². The zero-order valence-corrected chi connectivity index (χ0v) is 54.1. The van der Waals surface area contributed by atoms with Crippen molar-refractivity contribution in [2.75, 3.05) is 13.2 Å². The van der Waals surface area contributed by atoms with Gasteiger partial charge >= 0.3 is 7.82 Å². The second-order valence-electron chi connectivity index (χ2n) is 27.1. The number of hydrogen-bond acceptors (Lipinski definition) is 18. The van der Waals surface area contributed by atoms with Crippen molar-refractivity contribution >= 4 is 77.3 Å². The van der Waals surface area contributed by atoms with E-state index in [-0.39, 0.29) is 77.2 Å². The lowest BCUT2D eigenvalue weighted by molar-refractivity contribution is -0.124. The quantitative estimate of drug-likeness (QED) is 0.0603. The van der Waals surface area contributed by atoms with E-state index < -0.39 is 143 Å². The predicted octanol–water partition coefficient (Wildman–Crippen LogP) is 3.16. The number of aromatic nitrogens is 2. The lowest BCUT2D eigenvalue weighted by Gasteiger charge is -2.48. The van der Waals surface area contributed by atoms with Gasteiger partial charge in [0.1, 0.15) is 18.3 Å². The Labute approximate surface area is 523 Å².